The fraction of sp³-hybridized carbons (Fsp3) is 0.529. The van der Waals surface area contributed by atoms with E-state index in [1.165, 1.54) is 31.4 Å². The number of hydrogen-bond acceptors (Lipinski definition) is 3. The van der Waals surface area contributed by atoms with Crippen molar-refractivity contribution < 1.29 is 19.4 Å². The van der Waals surface area contributed by atoms with Crippen LogP contribution in [0.4, 0.5) is 0 Å². The number of carbonyl (C=O) groups excluding carboxylic acids is 1. The number of amides is 1. The molecule has 2 N–H and O–H groups in total. The van der Waals surface area contributed by atoms with E-state index in [0.29, 0.717) is 24.8 Å². The van der Waals surface area contributed by atoms with Crippen molar-refractivity contribution >= 4 is 11.9 Å². The van der Waals surface area contributed by atoms with Crippen molar-refractivity contribution in [3.63, 3.8) is 0 Å². The molecule has 22 heavy (non-hydrogen) atoms. The fourth-order valence-electron chi connectivity index (χ4n) is 2.65. The van der Waals surface area contributed by atoms with Crippen LogP contribution in [0.1, 0.15) is 59.2 Å². The monoisotopic (exact) mass is 305 g/mol. The number of nitrogens with one attached hydrogen (secondary N) is 1. The Bertz CT molecular complexity index is 509. The van der Waals surface area contributed by atoms with Crippen molar-refractivity contribution in [3.8, 4) is 0 Å². The molecule has 0 aliphatic heterocycles. The van der Waals surface area contributed by atoms with Crippen LogP contribution < -0.4 is 5.32 Å². The minimum absolute atomic E-state index is 0.119. The van der Waals surface area contributed by atoms with Gasteiger partial charge in [0.1, 0.15) is 0 Å². The van der Waals surface area contributed by atoms with Crippen LogP contribution in [-0.2, 0) is 4.74 Å². The lowest BCUT2D eigenvalue weighted by Gasteiger charge is -2.21. The predicted molar refractivity (Wildman–Crippen MR) is 83.2 cm³/mol. The average molecular weight is 305 g/mol. The second-order valence-corrected chi connectivity index (χ2v) is 5.63. The second-order valence-electron chi connectivity index (χ2n) is 5.63. The molecule has 1 aliphatic carbocycles. The van der Waals surface area contributed by atoms with E-state index < -0.39 is 5.97 Å². The summed E-state index contributed by atoms with van der Waals surface area (Å²) in [6.45, 7) is 1.18. The number of hydrogen-bond donors (Lipinski definition) is 2. The molecule has 0 aromatic heterocycles. The first-order valence-corrected chi connectivity index (χ1v) is 7.90. The molecule has 0 bridgehead atoms. The van der Waals surface area contributed by atoms with Gasteiger partial charge in [0.05, 0.1) is 11.7 Å². The van der Waals surface area contributed by atoms with Gasteiger partial charge < -0.3 is 15.2 Å². The molecule has 0 heterocycles. The first-order chi connectivity index (χ1) is 10.7. The Balaban J connectivity index is 1.67. The summed E-state index contributed by atoms with van der Waals surface area (Å²) in [4.78, 5) is 22.8. The molecule has 120 valence electrons. The molecule has 0 unspecified atom stereocenters. The Morgan fingerprint density at radius 1 is 1.18 bits per heavy atom. The highest BCUT2D eigenvalue weighted by Gasteiger charge is 2.13. The summed E-state index contributed by atoms with van der Waals surface area (Å²) in [6.07, 6.45) is 7.26. The van der Waals surface area contributed by atoms with Crippen LogP contribution in [0.15, 0.2) is 24.3 Å². The van der Waals surface area contributed by atoms with Gasteiger partial charge in [0.15, 0.2) is 0 Å². The number of carboxylic acids is 1. The lowest BCUT2D eigenvalue weighted by molar-refractivity contribution is 0.0273. The van der Waals surface area contributed by atoms with Crippen molar-refractivity contribution in [2.24, 2.45) is 0 Å². The summed E-state index contributed by atoms with van der Waals surface area (Å²) in [6, 6.07) is 6.04. The van der Waals surface area contributed by atoms with E-state index in [1.807, 2.05) is 0 Å². The minimum atomic E-state index is -1.03. The molecule has 1 saturated carbocycles. The number of rotatable bonds is 7. The van der Waals surface area contributed by atoms with E-state index in [9.17, 15) is 9.59 Å². The summed E-state index contributed by atoms with van der Waals surface area (Å²) in [7, 11) is 0. The maximum absolute atomic E-state index is 11.9. The van der Waals surface area contributed by atoms with E-state index >= 15 is 0 Å². The molecular formula is C17H23NO4. The SMILES string of the molecule is O=C(O)c1cccc(C(=O)NCCCOC2CCCCC2)c1. The van der Waals surface area contributed by atoms with Crippen LogP contribution in [-0.4, -0.2) is 36.2 Å². The molecule has 5 nitrogen and oxygen atoms in total. The zero-order chi connectivity index (χ0) is 15.8. The van der Waals surface area contributed by atoms with Gasteiger partial charge in [-0.3, -0.25) is 4.79 Å². The molecule has 1 aliphatic rings. The van der Waals surface area contributed by atoms with Crippen LogP contribution >= 0.6 is 0 Å². The van der Waals surface area contributed by atoms with Crippen molar-refractivity contribution in [2.45, 2.75) is 44.6 Å². The number of benzene rings is 1. The normalized spacial score (nSPS) is 15.5. The van der Waals surface area contributed by atoms with E-state index in [4.69, 9.17) is 9.84 Å². The summed E-state index contributed by atoms with van der Waals surface area (Å²) in [5.41, 5.74) is 0.487. The van der Waals surface area contributed by atoms with Gasteiger partial charge in [-0.15, -0.1) is 0 Å². The van der Waals surface area contributed by atoms with Gasteiger partial charge >= 0.3 is 5.97 Å². The summed E-state index contributed by atoms with van der Waals surface area (Å²) in [5.74, 6) is -1.28. The van der Waals surface area contributed by atoms with Gasteiger partial charge in [-0.2, -0.15) is 0 Å². The highest BCUT2D eigenvalue weighted by molar-refractivity contribution is 5.97. The maximum Gasteiger partial charge on any atom is 0.335 e. The molecule has 0 radical (unpaired) electrons. The molecule has 2 rings (SSSR count). The lowest BCUT2D eigenvalue weighted by atomic mass is 9.98. The minimum Gasteiger partial charge on any atom is -0.478 e. The highest BCUT2D eigenvalue weighted by Crippen LogP contribution is 2.20. The Morgan fingerprint density at radius 2 is 1.91 bits per heavy atom. The quantitative estimate of drug-likeness (QED) is 0.760. The van der Waals surface area contributed by atoms with Gasteiger partial charge in [0, 0.05) is 18.7 Å². The Hall–Kier alpha value is -1.88. The largest absolute Gasteiger partial charge is 0.478 e. The van der Waals surface area contributed by atoms with E-state index in [0.717, 1.165) is 19.3 Å². The molecular weight excluding hydrogens is 282 g/mol. The van der Waals surface area contributed by atoms with Gasteiger partial charge in [-0.1, -0.05) is 25.3 Å². The zero-order valence-corrected chi connectivity index (χ0v) is 12.7. The van der Waals surface area contributed by atoms with Crippen LogP contribution in [0.5, 0.6) is 0 Å². The van der Waals surface area contributed by atoms with Crippen LogP contribution in [0, 0.1) is 0 Å². The third kappa shape index (κ3) is 5.15. The maximum atomic E-state index is 11.9. The molecule has 0 atom stereocenters. The van der Waals surface area contributed by atoms with Crippen LogP contribution in [0.3, 0.4) is 0 Å². The first-order valence-electron chi connectivity index (χ1n) is 7.90. The van der Waals surface area contributed by atoms with Crippen molar-refractivity contribution in [3.05, 3.63) is 35.4 Å². The third-order valence-electron chi connectivity index (χ3n) is 3.88. The third-order valence-corrected chi connectivity index (χ3v) is 3.88. The summed E-state index contributed by atoms with van der Waals surface area (Å²) >= 11 is 0. The van der Waals surface area contributed by atoms with E-state index in [-0.39, 0.29) is 11.5 Å². The Labute approximate surface area is 130 Å². The van der Waals surface area contributed by atoms with Gasteiger partial charge in [-0.25, -0.2) is 4.79 Å². The summed E-state index contributed by atoms with van der Waals surface area (Å²) < 4.78 is 5.79. The first kappa shape index (κ1) is 16.5. The molecule has 1 aromatic rings. The molecule has 1 aromatic carbocycles. The highest BCUT2D eigenvalue weighted by atomic mass is 16.5. The van der Waals surface area contributed by atoms with Crippen molar-refractivity contribution in [1.82, 2.24) is 5.32 Å². The summed E-state index contributed by atoms with van der Waals surface area (Å²) in [5, 5.41) is 11.7. The zero-order valence-electron chi connectivity index (χ0n) is 12.7. The fourth-order valence-corrected chi connectivity index (χ4v) is 2.65. The standard InChI is InChI=1S/C17H23NO4/c19-16(13-6-4-7-14(12-13)17(20)21)18-10-5-11-22-15-8-2-1-3-9-15/h4,6-7,12,15H,1-3,5,8-11H2,(H,18,19)(H,20,21). The number of carboxylic acid groups (broad SMARTS) is 1. The van der Waals surface area contributed by atoms with Crippen LogP contribution in [0.2, 0.25) is 0 Å². The van der Waals surface area contributed by atoms with E-state index in [1.54, 1.807) is 12.1 Å². The van der Waals surface area contributed by atoms with E-state index in [2.05, 4.69) is 5.32 Å². The predicted octanol–water partition coefficient (Wildman–Crippen LogP) is 2.85. The number of aromatic carboxylic acids is 1. The second kappa shape index (κ2) is 8.54. The Morgan fingerprint density at radius 3 is 2.64 bits per heavy atom. The van der Waals surface area contributed by atoms with Crippen molar-refractivity contribution in [2.75, 3.05) is 13.2 Å². The molecule has 5 heteroatoms. The number of ether oxygens (including phenoxy) is 1. The molecule has 0 spiro atoms. The van der Waals surface area contributed by atoms with Gasteiger partial charge in [-0.05, 0) is 37.5 Å². The lowest BCUT2D eigenvalue weighted by Crippen LogP contribution is -2.26. The Kier molecular flexibility index (Phi) is 6.40. The molecule has 1 fully saturated rings. The van der Waals surface area contributed by atoms with Gasteiger partial charge in [0.25, 0.3) is 5.91 Å². The number of carbonyl (C=O) groups is 2. The smallest absolute Gasteiger partial charge is 0.335 e. The molecule has 1 amide bonds. The topological polar surface area (TPSA) is 75.6 Å². The van der Waals surface area contributed by atoms with Gasteiger partial charge in [0.2, 0.25) is 0 Å². The van der Waals surface area contributed by atoms with Crippen molar-refractivity contribution in [1.29, 1.82) is 0 Å². The van der Waals surface area contributed by atoms with Crippen LogP contribution in [0.25, 0.3) is 0 Å². The molecule has 0 saturated heterocycles. The average Bonchev–Trinajstić information content (AvgIpc) is 2.55.